The van der Waals surface area contributed by atoms with Gasteiger partial charge in [-0.05, 0) is 48.9 Å². The summed E-state index contributed by atoms with van der Waals surface area (Å²) in [6.07, 6.45) is 3.41. The zero-order valence-electron chi connectivity index (χ0n) is 25.6. The molecular formula is C33H31IrN3OSi-2. The van der Waals surface area contributed by atoms with Crippen LogP contribution in [0.5, 0.6) is 0 Å². The average Bonchev–Trinajstić information content (AvgIpc) is 3.31. The zero-order chi connectivity index (χ0) is 29.4. The molecule has 0 bridgehead atoms. The third-order valence-electron chi connectivity index (χ3n) is 6.34. The fraction of sp³-hybridized carbons (Fsp3) is 0.182. The number of aryl methyl sites for hydroxylation is 3. The summed E-state index contributed by atoms with van der Waals surface area (Å²) >= 11 is 0. The molecule has 6 heteroatoms. The van der Waals surface area contributed by atoms with E-state index in [9.17, 15) is 0 Å². The largest absolute Gasteiger partial charge is 0.499 e. The average molecular weight is 709 g/mol. The van der Waals surface area contributed by atoms with E-state index in [-0.39, 0.29) is 25.7 Å². The normalized spacial score (nSPS) is 12.6. The molecule has 4 heterocycles. The summed E-state index contributed by atoms with van der Waals surface area (Å²) in [6.45, 7) is 8.90. The first-order valence-corrected chi connectivity index (χ1v) is 16.0. The molecule has 2 aromatic carbocycles. The molecule has 0 N–H and O–H groups in total. The van der Waals surface area contributed by atoms with E-state index in [0.717, 1.165) is 55.8 Å². The van der Waals surface area contributed by atoms with Crippen molar-refractivity contribution >= 4 is 35.2 Å². The van der Waals surface area contributed by atoms with Gasteiger partial charge in [0, 0.05) is 47.7 Å². The van der Waals surface area contributed by atoms with E-state index < -0.39 is 14.9 Å². The van der Waals surface area contributed by atoms with Crippen LogP contribution in [0.4, 0.5) is 0 Å². The Labute approximate surface area is 249 Å². The van der Waals surface area contributed by atoms with E-state index in [2.05, 4.69) is 71.0 Å². The Hall–Kier alpha value is -3.44. The molecule has 6 rings (SSSR count). The van der Waals surface area contributed by atoms with Gasteiger partial charge in [-0.3, -0.25) is 4.98 Å². The van der Waals surface area contributed by atoms with E-state index >= 15 is 0 Å². The van der Waals surface area contributed by atoms with Crippen molar-refractivity contribution in [3.8, 4) is 22.5 Å². The van der Waals surface area contributed by atoms with Gasteiger partial charge in [0.05, 0.1) is 19.4 Å². The standard InChI is InChI=1S/C21H21N2OSi.C12H10N.Ir/c1-13-10-18-17-11-15(6-9-20(17)24-21(18)14(2)23-13)19-8-7-16(12-22-19)25(3,4)5;1-10-7-8-12(13-9-10)11-5-3-2-4-6-11;/h7-12H,1-5H3;2-5,7-9H,1H3;/q2*-1;/i;1D3;. The molecule has 0 saturated carbocycles. The molecule has 1 radical (unpaired) electrons. The molecule has 4 aromatic heterocycles. The predicted molar refractivity (Wildman–Crippen MR) is 159 cm³/mol. The van der Waals surface area contributed by atoms with Gasteiger partial charge in [-0.2, -0.15) is 0 Å². The Morgan fingerprint density at radius 1 is 0.846 bits per heavy atom. The van der Waals surface area contributed by atoms with Crippen molar-refractivity contribution in [2.45, 2.75) is 40.3 Å². The van der Waals surface area contributed by atoms with Crippen LogP contribution in [0.25, 0.3) is 44.5 Å². The smallest absolute Gasteiger partial charge is 0.142 e. The number of furan rings is 1. The summed E-state index contributed by atoms with van der Waals surface area (Å²) in [4.78, 5) is 13.3. The van der Waals surface area contributed by atoms with Crippen molar-refractivity contribution in [3.05, 3.63) is 108 Å². The molecule has 0 atom stereocenters. The van der Waals surface area contributed by atoms with Crippen LogP contribution < -0.4 is 5.19 Å². The minimum Gasteiger partial charge on any atom is -0.499 e. The number of nitrogens with zero attached hydrogens (tertiary/aromatic N) is 3. The molecule has 0 amide bonds. The third kappa shape index (κ3) is 6.42. The van der Waals surface area contributed by atoms with Gasteiger partial charge in [0.25, 0.3) is 0 Å². The van der Waals surface area contributed by atoms with E-state index in [1.165, 1.54) is 11.4 Å². The van der Waals surface area contributed by atoms with Crippen LogP contribution in [0.2, 0.25) is 19.6 Å². The zero-order valence-corrected chi connectivity index (χ0v) is 26.0. The molecule has 0 fully saturated rings. The fourth-order valence-electron chi connectivity index (χ4n) is 4.28. The molecule has 0 aliphatic heterocycles. The van der Waals surface area contributed by atoms with E-state index in [1.807, 2.05) is 44.3 Å². The molecule has 6 aromatic rings. The number of hydrogen-bond donors (Lipinski definition) is 0. The van der Waals surface area contributed by atoms with E-state index in [1.54, 1.807) is 18.2 Å². The van der Waals surface area contributed by atoms with Gasteiger partial charge in [0.15, 0.2) is 0 Å². The molecule has 0 saturated heterocycles. The van der Waals surface area contributed by atoms with Crippen molar-refractivity contribution in [2.24, 2.45) is 0 Å². The Balaban J connectivity index is 0.000000207. The maximum Gasteiger partial charge on any atom is 0.142 e. The molecule has 39 heavy (non-hydrogen) atoms. The number of rotatable bonds is 3. The van der Waals surface area contributed by atoms with Gasteiger partial charge < -0.3 is 14.4 Å². The molecule has 0 spiro atoms. The minimum absolute atomic E-state index is 0. The quantitative estimate of drug-likeness (QED) is 0.139. The van der Waals surface area contributed by atoms with Crippen molar-refractivity contribution in [1.82, 2.24) is 15.0 Å². The first-order valence-electron chi connectivity index (χ1n) is 14.0. The fourth-order valence-corrected chi connectivity index (χ4v) is 5.31. The van der Waals surface area contributed by atoms with Crippen LogP contribution in [0, 0.1) is 32.8 Å². The Morgan fingerprint density at radius 2 is 1.62 bits per heavy atom. The molecule has 0 unspecified atom stereocenters. The van der Waals surface area contributed by atoms with Gasteiger partial charge in [0.2, 0.25) is 0 Å². The van der Waals surface area contributed by atoms with Crippen LogP contribution in [-0.2, 0) is 20.1 Å². The summed E-state index contributed by atoms with van der Waals surface area (Å²) in [5.74, 6) is 0. The summed E-state index contributed by atoms with van der Waals surface area (Å²) in [5.41, 5.74) is 7.40. The first kappa shape index (κ1) is 24.6. The number of pyridine rings is 3. The van der Waals surface area contributed by atoms with Crippen molar-refractivity contribution < 1.29 is 28.6 Å². The van der Waals surface area contributed by atoms with Crippen LogP contribution >= 0.6 is 0 Å². The molecule has 0 aliphatic carbocycles. The second-order valence-corrected chi connectivity index (χ2v) is 15.4. The Morgan fingerprint density at radius 3 is 2.26 bits per heavy atom. The molecular weight excluding hydrogens is 675 g/mol. The summed E-state index contributed by atoms with van der Waals surface area (Å²) in [6, 6.07) is 27.5. The second kappa shape index (κ2) is 11.7. The maximum absolute atomic E-state index is 7.23. The SMILES string of the molecule is Cc1cc2c(oc3c[c-]c(-c4ccc([Si](C)(C)C)cn4)cc32)c(C)n1.[2H]C([2H])([2H])c1ccc(-c2[c-]cccc2)nc1.[Ir]. The Kier molecular flexibility index (Phi) is 7.40. The number of benzene rings is 2. The van der Waals surface area contributed by atoms with Crippen LogP contribution in [0.1, 0.15) is 21.1 Å². The maximum atomic E-state index is 7.23. The van der Waals surface area contributed by atoms with Crippen LogP contribution in [0.3, 0.4) is 0 Å². The number of hydrogen-bond acceptors (Lipinski definition) is 4. The predicted octanol–water partition coefficient (Wildman–Crippen LogP) is 7.86. The second-order valence-electron chi connectivity index (χ2n) is 10.3. The van der Waals surface area contributed by atoms with E-state index in [4.69, 9.17) is 8.53 Å². The number of fused-ring (bicyclic) bond motifs is 3. The van der Waals surface area contributed by atoms with Gasteiger partial charge in [0.1, 0.15) is 5.58 Å². The Bertz CT molecular complexity index is 1810. The molecule has 199 valence electrons. The van der Waals surface area contributed by atoms with Crippen molar-refractivity contribution in [2.75, 3.05) is 0 Å². The van der Waals surface area contributed by atoms with Crippen molar-refractivity contribution in [3.63, 3.8) is 0 Å². The first-order chi connectivity index (χ1) is 19.4. The third-order valence-corrected chi connectivity index (χ3v) is 8.37. The number of aromatic nitrogens is 3. The molecule has 0 aliphatic rings. The van der Waals surface area contributed by atoms with Gasteiger partial charge >= 0.3 is 0 Å². The minimum atomic E-state index is -2.09. The monoisotopic (exact) mass is 709 g/mol. The van der Waals surface area contributed by atoms with Crippen LogP contribution in [0.15, 0.2) is 83.5 Å². The summed E-state index contributed by atoms with van der Waals surface area (Å²) in [5, 5.41) is 3.56. The van der Waals surface area contributed by atoms with Crippen molar-refractivity contribution in [1.29, 1.82) is 0 Å². The van der Waals surface area contributed by atoms with E-state index in [0.29, 0.717) is 0 Å². The topological polar surface area (TPSA) is 51.8 Å². The summed E-state index contributed by atoms with van der Waals surface area (Å²) in [7, 11) is -1.33. The summed E-state index contributed by atoms with van der Waals surface area (Å²) < 4.78 is 27.7. The molecule has 4 nitrogen and oxygen atoms in total. The van der Waals surface area contributed by atoms with Gasteiger partial charge in [-0.25, -0.2) is 0 Å². The van der Waals surface area contributed by atoms with Gasteiger partial charge in [-0.1, -0.05) is 49.3 Å². The van der Waals surface area contributed by atoms with Gasteiger partial charge in [-0.15, -0.1) is 59.7 Å². The van der Waals surface area contributed by atoms with Crippen LogP contribution in [-0.4, -0.2) is 23.0 Å².